The standard InChI is InChI=1S/C18H37NO/c1-17(2,3)13-9-7-8-12-16(20)19-15-11-10-14-18(4,5)6/h7-15H2,1-6H3,(H,19,20). The molecule has 2 nitrogen and oxygen atoms in total. The SMILES string of the molecule is CC(C)(C)CCCCCC(=O)NCCCCC(C)(C)C. The van der Waals surface area contributed by atoms with Crippen molar-refractivity contribution >= 4 is 5.91 Å². The van der Waals surface area contributed by atoms with Crippen LogP contribution in [0.3, 0.4) is 0 Å². The highest BCUT2D eigenvalue weighted by Gasteiger charge is 2.10. The first-order valence-corrected chi connectivity index (χ1v) is 8.37. The molecule has 0 unspecified atom stereocenters. The van der Waals surface area contributed by atoms with E-state index in [9.17, 15) is 4.79 Å². The topological polar surface area (TPSA) is 29.1 Å². The van der Waals surface area contributed by atoms with E-state index in [1.54, 1.807) is 0 Å². The molecule has 1 amide bonds. The molecule has 0 aliphatic rings. The zero-order valence-corrected chi connectivity index (χ0v) is 14.8. The van der Waals surface area contributed by atoms with Crippen LogP contribution in [0, 0.1) is 10.8 Å². The third-order valence-corrected chi connectivity index (χ3v) is 3.51. The van der Waals surface area contributed by atoms with Crippen molar-refractivity contribution in [3.8, 4) is 0 Å². The maximum Gasteiger partial charge on any atom is 0.219 e. The van der Waals surface area contributed by atoms with Gasteiger partial charge < -0.3 is 5.32 Å². The second-order valence-corrected chi connectivity index (χ2v) is 8.49. The van der Waals surface area contributed by atoms with Gasteiger partial charge >= 0.3 is 0 Å². The van der Waals surface area contributed by atoms with Crippen LogP contribution >= 0.6 is 0 Å². The minimum atomic E-state index is 0.233. The fraction of sp³-hybridized carbons (Fsp3) is 0.944. The minimum absolute atomic E-state index is 0.233. The molecule has 0 radical (unpaired) electrons. The van der Waals surface area contributed by atoms with Gasteiger partial charge in [-0.15, -0.1) is 0 Å². The second kappa shape index (κ2) is 9.41. The molecule has 0 aliphatic heterocycles. The monoisotopic (exact) mass is 283 g/mol. The first-order valence-electron chi connectivity index (χ1n) is 8.37. The molecule has 0 spiro atoms. The van der Waals surface area contributed by atoms with Crippen molar-refractivity contribution in [3.63, 3.8) is 0 Å². The van der Waals surface area contributed by atoms with Crippen molar-refractivity contribution in [2.75, 3.05) is 6.54 Å². The van der Waals surface area contributed by atoms with Crippen LogP contribution in [0.4, 0.5) is 0 Å². The Morgan fingerprint density at radius 2 is 1.25 bits per heavy atom. The molecule has 0 saturated heterocycles. The summed E-state index contributed by atoms with van der Waals surface area (Å²) >= 11 is 0. The van der Waals surface area contributed by atoms with Gasteiger partial charge in [0.05, 0.1) is 0 Å². The highest BCUT2D eigenvalue weighted by molar-refractivity contribution is 5.75. The highest BCUT2D eigenvalue weighted by atomic mass is 16.1. The van der Waals surface area contributed by atoms with Gasteiger partial charge in [0.1, 0.15) is 0 Å². The predicted octanol–water partition coefficient (Wildman–Crippen LogP) is 5.32. The van der Waals surface area contributed by atoms with E-state index in [1.807, 2.05) is 0 Å². The van der Waals surface area contributed by atoms with Crippen molar-refractivity contribution in [2.24, 2.45) is 10.8 Å². The number of nitrogens with one attached hydrogen (secondary N) is 1. The van der Waals surface area contributed by atoms with Crippen molar-refractivity contribution in [1.82, 2.24) is 5.32 Å². The van der Waals surface area contributed by atoms with Crippen molar-refractivity contribution in [3.05, 3.63) is 0 Å². The quantitative estimate of drug-likeness (QED) is 0.570. The second-order valence-electron chi connectivity index (χ2n) is 8.49. The molecule has 0 atom stereocenters. The van der Waals surface area contributed by atoms with E-state index in [2.05, 4.69) is 46.9 Å². The molecule has 2 heteroatoms. The third-order valence-electron chi connectivity index (χ3n) is 3.51. The Hall–Kier alpha value is -0.530. The number of hydrogen-bond acceptors (Lipinski definition) is 1. The van der Waals surface area contributed by atoms with Gasteiger partial charge in [0, 0.05) is 13.0 Å². The number of carbonyl (C=O) groups is 1. The average Bonchev–Trinajstić information content (AvgIpc) is 2.25. The van der Waals surface area contributed by atoms with Crippen LogP contribution in [0.2, 0.25) is 0 Å². The molecule has 20 heavy (non-hydrogen) atoms. The Bertz CT molecular complexity index is 232. The Morgan fingerprint density at radius 1 is 0.750 bits per heavy atom. The third kappa shape index (κ3) is 15.5. The lowest BCUT2D eigenvalue weighted by molar-refractivity contribution is -0.121. The van der Waals surface area contributed by atoms with Gasteiger partial charge in [0.15, 0.2) is 0 Å². The molecule has 0 aromatic heterocycles. The molecular formula is C18H37NO. The zero-order chi connectivity index (χ0) is 15.6. The van der Waals surface area contributed by atoms with Crippen LogP contribution in [0.15, 0.2) is 0 Å². The molecule has 0 aromatic rings. The first kappa shape index (κ1) is 19.5. The first-order chi connectivity index (χ1) is 9.10. The van der Waals surface area contributed by atoms with Gasteiger partial charge in [-0.3, -0.25) is 4.79 Å². The summed E-state index contributed by atoms with van der Waals surface area (Å²) < 4.78 is 0. The Labute approximate surface area is 127 Å². The van der Waals surface area contributed by atoms with Gasteiger partial charge in [-0.1, -0.05) is 60.8 Å². The van der Waals surface area contributed by atoms with Crippen molar-refractivity contribution in [1.29, 1.82) is 0 Å². The summed E-state index contributed by atoms with van der Waals surface area (Å²) in [5, 5.41) is 3.04. The zero-order valence-electron chi connectivity index (χ0n) is 14.8. The Morgan fingerprint density at radius 3 is 1.75 bits per heavy atom. The molecule has 0 saturated carbocycles. The summed E-state index contributed by atoms with van der Waals surface area (Å²) in [5.74, 6) is 0.233. The van der Waals surface area contributed by atoms with E-state index in [0.717, 1.165) is 19.4 Å². The molecule has 0 aromatic carbocycles. The van der Waals surface area contributed by atoms with E-state index < -0.39 is 0 Å². The van der Waals surface area contributed by atoms with Crippen LogP contribution in [0.1, 0.15) is 92.9 Å². The largest absolute Gasteiger partial charge is 0.356 e. The summed E-state index contributed by atoms with van der Waals surface area (Å²) in [5.41, 5.74) is 0.840. The summed E-state index contributed by atoms with van der Waals surface area (Å²) in [7, 11) is 0. The fourth-order valence-corrected chi connectivity index (χ4v) is 2.21. The molecule has 0 heterocycles. The smallest absolute Gasteiger partial charge is 0.219 e. The Balaban J connectivity index is 3.38. The summed E-state index contributed by atoms with van der Waals surface area (Å²) in [6.45, 7) is 14.5. The molecule has 0 aliphatic carbocycles. The van der Waals surface area contributed by atoms with E-state index >= 15 is 0 Å². The van der Waals surface area contributed by atoms with Gasteiger partial charge in [0.2, 0.25) is 5.91 Å². The fourth-order valence-electron chi connectivity index (χ4n) is 2.21. The molecular weight excluding hydrogens is 246 g/mol. The normalized spacial score (nSPS) is 12.5. The lowest BCUT2D eigenvalue weighted by atomic mass is 9.89. The van der Waals surface area contributed by atoms with Gasteiger partial charge in [0.25, 0.3) is 0 Å². The number of rotatable bonds is 9. The van der Waals surface area contributed by atoms with Crippen molar-refractivity contribution in [2.45, 2.75) is 92.9 Å². The van der Waals surface area contributed by atoms with E-state index in [4.69, 9.17) is 0 Å². The average molecular weight is 284 g/mol. The van der Waals surface area contributed by atoms with E-state index in [1.165, 1.54) is 32.1 Å². The maximum atomic E-state index is 11.7. The minimum Gasteiger partial charge on any atom is -0.356 e. The van der Waals surface area contributed by atoms with Crippen LogP contribution in [-0.4, -0.2) is 12.5 Å². The Kier molecular flexibility index (Phi) is 9.16. The molecule has 120 valence electrons. The van der Waals surface area contributed by atoms with E-state index in [0.29, 0.717) is 17.3 Å². The van der Waals surface area contributed by atoms with Crippen LogP contribution < -0.4 is 5.32 Å². The molecule has 0 rings (SSSR count). The summed E-state index contributed by atoms with van der Waals surface area (Å²) in [6.07, 6.45) is 8.93. The van der Waals surface area contributed by atoms with Gasteiger partial charge in [-0.2, -0.15) is 0 Å². The lowest BCUT2D eigenvalue weighted by Gasteiger charge is -2.17. The van der Waals surface area contributed by atoms with E-state index in [-0.39, 0.29) is 5.91 Å². The number of hydrogen-bond donors (Lipinski definition) is 1. The molecule has 1 N–H and O–H groups in total. The van der Waals surface area contributed by atoms with Crippen LogP contribution in [0.5, 0.6) is 0 Å². The van der Waals surface area contributed by atoms with Gasteiger partial charge in [-0.25, -0.2) is 0 Å². The van der Waals surface area contributed by atoms with Crippen LogP contribution in [-0.2, 0) is 4.79 Å². The summed E-state index contributed by atoms with van der Waals surface area (Å²) in [4.78, 5) is 11.7. The van der Waals surface area contributed by atoms with Crippen LogP contribution in [0.25, 0.3) is 0 Å². The number of amides is 1. The number of carbonyl (C=O) groups excluding carboxylic acids is 1. The molecule has 0 fully saturated rings. The predicted molar refractivity (Wildman–Crippen MR) is 88.9 cm³/mol. The number of unbranched alkanes of at least 4 members (excludes halogenated alkanes) is 3. The summed E-state index contributed by atoms with van der Waals surface area (Å²) in [6, 6.07) is 0. The maximum absolute atomic E-state index is 11.7. The van der Waals surface area contributed by atoms with Crippen molar-refractivity contribution < 1.29 is 4.79 Å². The lowest BCUT2D eigenvalue weighted by Crippen LogP contribution is -2.24. The highest BCUT2D eigenvalue weighted by Crippen LogP contribution is 2.22. The van der Waals surface area contributed by atoms with Gasteiger partial charge in [-0.05, 0) is 36.5 Å². The molecule has 0 bridgehead atoms.